The van der Waals surface area contributed by atoms with Gasteiger partial charge < -0.3 is 14.5 Å². The molecule has 1 fully saturated rings. The molecule has 0 aliphatic carbocycles. The van der Waals surface area contributed by atoms with Crippen LogP contribution in [-0.4, -0.2) is 22.8 Å². The van der Waals surface area contributed by atoms with E-state index < -0.39 is 0 Å². The molecule has 0 spiro atoms. The average molecular weight is 239 g/mol. The maximum absolute atomic E-state index is 5.72. The summed E-state index contributed by atoms with van der Waals surface area (Å²) in [4.78, 5) is 0. The number of nitrogens with one attached hydrogen (secondary N) is 1. The van der Waals surface area contributed by atoms with E-state index in [-0.39, 0.29) is 12.1 Å². The summed E-state index contributed by atoms with van der Waals surface area (Å²) in [5, 5.41) is 11.5. The van der Waals surface area contributed by atoms with E-state index in [1.807, 2.05) is 0 Å². The minimum Gasteiger partial charge on any atom is -0.421 e. The van der Waals surface area contributed by atoms with E-state index in [2.05, 4.69) is 36.3 Å². The fourth-order valence-corrected chi connectivity index (χ4v) is 2.15. The number of rotatable bonds is 5. The first-order valence-corrected chi connectivity index (χ1v) is 6.46. The van der Waals surface area contributed by atoms with Crippen LogP contribution in [-0.2, 0) is 4.74 Å². The zero-order chi connectivity index (χ0) is 12.3. The molecule has 0 amide bonds. The van der Waals surface area contributed by atoms with Crippen molar-refractivity contribution in [2.75, 3.05) is 6.54 Å². The maximum Gasteiger partial charge on any atom is 0.245 e. The Morgan fingerprint density at radius 3 is 2.76 bits per heavy atom. The lowest BCUT2D eigenvalue weighted by molar-refractivity contribution is 0.0380. The second-order valence-electron chi connectivity index (χ2n) is 4.51. The number of hydrogen-bond acceptors (Lipinski definition) is 5. The lowest BCUT2D eigenvalue weighted by Gasteiger charge is -2.10. The SMILES string of the molecule is CCNC(CC)c1nnc(C2CCC(C)O2)o1. The van der Waals surface area contributed by atoms with Gasteiger partial charge in [0.1, 0.15) is 6.10 Å². The van der Waals surface area contributed by atoms with Crippen LogP contribution < -0.4 is 5.32 Å². The van der Waals surface area contributed by atoms with Crippen LogP contribution >= 0.6 is 0 Å². The highest BCUT2D eigenvalue weighted by atomic mass is 16.5. The maximum atomic E-state index is 5.72. The molecule has 96 valence electrons. The van der Waals surface area contributed by atoms with Crippen LogP contribution in [0.5, 0.6) is 0 Å². The Morgan fingerprint density at radius 1 is 1.35 bits per heavy atom. The van der Waals surface area contributed by atoms with Gasteiger partial charge in [0.25, 0.3) is 0 Å². The predicted octanol–water partition coefficient (Wildman–Crippen LogP) is 2.37. The van der Waals surface area contributed by atoms with Crippen LogP contribution in [0.2, 0.25) is 0 Å². The van der Waals surface area contributed by atoms with Crippen molar-refractivity contribution in [3.05, 3.63) is 11.8 Å². The molecule has 3 atom stereocenters. The molecule has 0 saturated carbocycles. The van der Waals surface area contributed by atoms with Gasteiger partial charge in [-0.1, -0.05) is 13.8 Å². The van der Waals surface area contributed by atoms with Gasteiger partial charge in [0.05, 0.1) is 12.1 Å². The van der Waals surface area contributed by atoms with Crippen molar-refractivity contribution in [1.29, 1.82) is 0 Å². The minimum atomic E-state index is -0.00890. The van der Waals surface area contributed by atoms with E-state index in [0.717, 1.165) is 25.8 Å². The summed E-state index contributed by atoms with van der Waals surface area (Å²) in [6, 6.07) is 0.153. The fraction of sp³-hybridized carbons (Fsp3) is 0.833. The number of nitrogens with zero attached hydrogens (tertiary/aromatic N) is 2. The van der Waals surface area contributed by atoms with Gasteiger partial charge in [0, 0.05) is 0 Å². The first-order chi connectivity index (χ1) is 8.24. The summed E-state index contributed by atoms with van der Waals surface area (Å²) in [6.07, 6.45) is 3.27. The van der Waals surface area contributed by atoms with Crippen molar-refractivity contribution in [2.24, 2.45) is 0 Å². The van der Waals surface area contributed by atoms with Crippen LogP contribution in [0, 0.1) is 0 Å². The predicted molar refractivity (Wildman–Crippen MR) is 63.5 cm³/mol. The molecule has 1 saturated heterocycles. The fourth-order valence-electron chi connectivity index (χ4n) is 2.15. The molecule has 1 N–H and O–H groups in total. The molecule has 1 aromatic heterocycles. The van der Waals surface area contributed by atoms with Gasteiger partial charge in [-0.2, -0.15) is 0 Å². The third-order valence-corrected chi connectivity index (χ3v) is 3.12. The molecule has 0 radical (unpaired) electrons. The molecule has 5 heteroatoms. The summed E-state index contributed by atoms with van der Waals surface area (Å²) >= 11 is 0. The molecule has 1 aromatic rings. The Morgan fingerprint density at radius 2 is 2.18 bits per heavy atom. The Labute approximate surface area is 102 Å². The van der Waals surface area contributed by atoms with Gasteiger partial charge in [0.15, 0.2) is 0 Å². The van der Waals surface area contributed by atoms with E-state index in [1.165, 1.54) is 0 Å². The highest BCUT2D eigenvalue weighted by Gasteiger charge is 2.28. The molecule has 3 unspecified atom stereocenters. The van der Waals surface area contributed by atoms with Crippen LogP contribution in [0.15, 0.2) is 4.42 Å². The first-order valence-electron chi connectivity index (χ1n) is 6.46. The Hall–Kier alpha value is -0.940. The Kier molecular flexibility index (Phi) is 4.12. The van der Waals surface area contributed by atoms with E-state index in [1.54, 1.807) is 0 Å². The van der Waals surface area contributed by atoms with Gasteiger partial charge >= 0.3 is 0 Å². The van der Waals surface area contributed by atoms with Crippen molar-refractivity contribution < 1.29 is 9.15 Å². The smallest absolute Gasteiger partial charge is 0.245 e. The summed E-state index contributed by atoms with van der Waals surface area (Å²) < 4.78 is 11.4. The highest BCUT2D eigenvalue weighted by Crippen LogP contribution is 2.32. The number of aromatic nitrogens is 2. The van der Waals surface area contributed by atoms with Gasteiger partial charge in [0.2, 0.25) is 11.8 Å². The summed E-state index contributed by atoms with van der Waals surface area (Å²) in [6.45, 7) is 7.14. The Balaban J connectivity index is 2.04. The molecule has 0 bridgehead atoms. The zero-order valence-corrected chi connectivity index (χ0v) is 10.8. The molecule has 1 aliphatic heterocycles. The third kappa shape index (κ3) is 2.84. The second-order valence-corrected chi connectivity index (χ2v) is 4.51. The van der Waals surface area contributed by atoms with Crippen molar-refractivity contribution in [2.45, 2.75) is 58.3 Å². The van der Waals surface area contributed by atoms with E-state index in [9.17, 15) is 0 Å². The molecule has 0 aromatic carbocycles. The second kappa shape index (κ2) is 5.60. The zero-order valence-electron chi connectivity index (χ0n) is 10.8. The van der Waals surface area contributed by atoms with Crippen molar-refractivity contribution in [3.63, 3.8) is 0 Å². The summed E-state index contributed by atoms with van der Waals surface area (Å²) in [5.41, 5.74) is 0. The minimum absolute atomic E-state index is 0.00890. The van der Waals surface area contributed by atoms with E-state index in [0.29, 0.717) is 17.9 Å². The van der Waals surface area contributed by atoms with Crippen molar-refractivity contribution in [1.82, 2.24) is 15.5 Å². The van der Waals surface area contributed by atoms with Crippen LogP contribution in [0.4, 0.5) is 0 Å². The molecular formula is C12H21N3O2. The van der Waals surface area contributed by atoms with Gasteiger partial charge in [-0.3, -0.25) is 0 Å². The molecular weight excluding hydrogens is 218 g/mol. The van der Waals surface area contributed by atoms with Crippen molar-refractivity contribution >= 4 is 0 Å². The van der Waals surface area contributed by atoms with E-state index in [4.69, 9.17) is 9.15 Å². The molecule has 1 aliphatic rings. The first kappa shape index (κ1) is 12.5. The lowest BCUT2D eigenvalue weighted by Crippen LogP contribution is -2.20. The van der Waals surface area contributed by atoms with Gasteiger partial charge in [-0.25, -0.2) is 0 Å². The quantitative estimate of drug-likeness (QED) is 0.854. The summed E-state index contributed by atoms with van der Waals surface area (Å²) in [7, 11) is 0. The third-order valence-electron chi connectivity index (χ3n) is 3.12. The topological polar surface area (TPSA) is 60.2 Å². The van der Waals surface area contributed by atoms with Crippen LogP contribution in [0.1, 0.15) is 64.0 Å². The van der Waals surface area contributed by atoms with Gasteiger partial charge in [-0.05, 0) is 32.7 Å². The average Bonchev–Trinajstić information content (AvgIpc) is 2.94. The number of ether oxygens (including phenoxy) is 1. The Bertz CT molecular complexity index is 335. The van der Waals surface area contributed by atoms with Crippen LogP contribution in [0.3, 0.4) is 0 Å². The van der Waals surface area contributed by atoms with E-state index >= 15 is 0 Å². The normalized spacial score (nSPS) is 26.3. The summed E-state index contributed by atoms with van der Waals surface area (Å²) in [5.74, 6) is 1.30. The monoisotopic (exact) mass is 239 g/mol. The van der Waals surface area contributed by atoms with Crippen molar-refractivity contribution in [3.8, 4) is 0 Å². The van der Waals surface area contributed by atoms with Gasteiger partial charge in [-0.15, -0.1) is 10.2 Å². The molecule has 17 heavy (non-hydrogen) atoms. The molecule has 2 heterocycles. The number of hydrogen-bond donors (Lipinski definition) is 1. The molecule has 5 nitrogen and oxygen atoms in total. The lowest BCUT2D eigenvalue weighted by atomic mass is 10.2. The largest absolute Gasteiger partial charge is 0.421 e. The van der Waals surface area contributed by atoms with Crippen LogP contribution in [0.25, 0.3) is 0 Å². The highest BCUT2D eigenvalue weighted by molar-refractivity contribution is 4.94. The molecule has 2 rings (SSSR count). The standard InChI is InChI=1S/C12H21N3O2/c1-4-9(13-5-2)11-14-15-12(17-11)10-7-6-8(3)16-10/h8-10,13H,4-7H2,1-3H3.